The van der Waals surface area contributed by atoms with Gasteiger partial charge < -0.3 is 23.2 Å². The van der Waals surface area contributed by atoms with Crippen LogP contribution in [0.5, 0.6) is 0 Å². The van der Waals surface area contributed by atoms with Crippen LogP contribution >= 0.6 is 0 Å². The van der Waals surface area contributed by atoms with Crippen molar-refractivity contribution in [1.82, 2.24) is 0 Å². The van der Waals surface area contributed by atoms with Crippen molar-refractivity contribution in [3.8, 4) is 0 Å². The highest BCUT2D eigenvalue weighted by Crippen LogP contribution is 2.11. The predicted molar refractivity (Wildman–Crippen MR) is 48.5 cm³/mol. The highest BCUT2D eigenvalue weighted by Gasteiger charge is 2.50. The Kier molecular flexibility index (Phi) is 5.73. The van der Waals surface area contributed by atoms with Crippen LogP contribution in [0, 0.1) is 0 Å². The van der Waals surface area contributed by atoms with Crippen molar-refractivity contribution < 1.29 is 28.0 Å². The molecule has 0 aliphatic heterocycles. The Bertz CT molecular complexity index is 194. The van der Waals surface area contributed by atoms with E-state index in [1.165, 1.54) is 21.3 Å². The predicted octanol–water partition coefficient (Wildman–Crippen LogP) is -1.08. The molecule has 7 heteroatoms. The fourth-order valence-corrected chi connectivity index (χ4v) is 2.58. The minimum atomic E-state index is -3.47. The number of hydrogen-bond donors (Lipinski definition) is 1. The van der Waals surface area contributed by atoms with Gasteiger partial charge >= 0.3 is 8.80 Å². The van der Waals surface area contributed by atoms with Gasteiger partial charge in [-0.3, -0.25) is 4.79 Å². The first kappa shape index (κ1) is 13.4. The number of carbonyl (C=O) groups excluding carboxylic acids is 2. The van der Waals surface area contributed by atoms with Gasteiger partial charge in [-0.25, -0.2) is 0 Å². The SMILES string of the molecule is CO[Si](OC)(OC)C(=O)C(O)CC=O. The molecule has 0 saturated carbocycles. The quantitative estimate of drug-likeness (QED) is 0.436. The second-order valence-corrected chi connectivity index (χ2v) is 5.28. The van der Waals surface area contributed by atoms with E-state index in [0.29, 0.717) is 6.29 Å². The topological polar surface area (TPSA) is 82.1 Å². The molecular weight excluding hydrogens is 208 g/mol. The van der Waals surface area contributed by atoms with Crippen LogP contribution in [0.15, 0.2) is 0 Å². The molecule has 82 valence electrons. The Balaban J connectivity index is 4.66. The van der Waals surface area contributed by atoms with E-state index >= 15 is 0 Å². The molecule has 0 heterocycles. The fraction of sp³-hybridized carbons (Fsp3) is 0.714. The first-order valence-electron chi connectivity index (χ1n) is 3.89. The van der Waals surface area contributed by atoms with Crippen molar-refractivity contribution in [1.29, 1.82) is 0 Å². The van der Waals surface area contributed by atoms with E-state index in [1.54, 1.807) is 0 Å². The van der Waals surface area contributed by atoms with Gasteiger partial charge in [0, 0.05) is 27.8 Å². The standard InChI is InChI=1S/C7H14O6Si/c1-11-14(12-2,13-3)7(10)6(9)4-5-8/h5-6,9H,4H2,1-3H3. The van der Waals surface area contributed by atoms with E-state index in [4.69, 9.17) is 13.3 Å². The Morgan fingerprint density at radius 3 is 2.07 bits per heavy atom. The van der Waals surface area contributed by atoms with Crippen LogP contribution < -0.4 is 0 Å². The molecule has 0 aliphatic carbocycles. The summed E-state index contributed by atoms with van der Waals surface area (Å²) in [5.41, 5.74) is 0. The van der Waals surface area contributed by atoms with E-state index in [1.807, 2.05) is 0 Å². The van der Waals surface area contributed by atoms with Gasteiger partial charge in [0.1, 0.15) is 12.4 Å². The number of hydrogen-bond acceptors (Lipinski definition) is 6. The lowest BCUT2D eigenvalue weighted by molar-refractivity contribution is -0.128. The first-order valence-corrected chi connectivity index (χ1v) is 5.62. The molecule has 1 N–H and O–H groups in total. The zero-order valence-electron chi connectivity index (χ0n) is 8.35. The average molecular weight is 222 g/mol. The molecule has 0 amide bonds. The summed E-state index contributed by atoms with van der Waals surface area (Å²) in [5, 5.41) is 8.55. The van der Waals surface area contributed by atoms with Gasteiger partial charge in [-0.2, -0.15) is 0 Å². The van der Waals surface area contributed by atoms with Gasteiger partial charge in [0.25, 0.3) is 0 Å². The Morgan fingerprint density at radius 2 is 1.79 bits per heavy atom. The molecule has 0 spiro atoms. The minimum Gasteiger partial charge on any atom is -0.385 e. The second-order valence-electron chi connectivity index (χ2n) is 2.45. The molecule has 6 nitrogen and oxygen atoms in total. The van der Waals surface area contributed by atoms with Gasteiger partial charge in [0.2, 0.25) is 5.41 Å². The van der Waals surface area contributed by atoms with Crippen molar-refractivity contribution in [2.24, 2.45) is 0 Å². The number of aliphatic hydroxyl groups is 1. The highest BCUT2D eigenvalue weighted by atomic mass is 28.4. The zero-order chi connectivity index (χ0) is 11.2. The third-order valence-electron chi connectivity index (χ3n) is 1.73. The fourth-order valence-electron chi connectivity index (χ4n) is 0.954. The smallest absolute Gasteiger partial charge is 0.385 e. The molecular formula is C7H14O6Si. The van der Waals surface area contributed by atoms with Crippen molar-refractivity contribution in [3.05, 3.63) is 0 Å². The van der Waals surface area contributed by atoms with E-state index in [9.17, 15) is 14.7 Å². The second kappa shape index (κ2) is 5.99. The molecule has 0 bridgehead atoms. The van der Waals surface area contributed by atoms with Crippen LogP contribution in [0.2, 0.25) is 0 Å². The molecule has 0 fully saturated rings. The summed E-state index contributed by atoms with van der Waals surface area (Å²) in [4.78, 5) is 21.6. The average Bonchev–Trinajstić information content (AvgIpc) is 2.21. The van der Waals surface area contributed by atoms with Gasteiger partial charge in [-0.05, 0) is 0 Å². The first-order chi connectivity index (χ1) is 6.57. The van der Waals surface area contributed by atoms with E-state index in [2.05, 4.69) is 0 Å². The summed E-state index contributed by atoms with van der Waals surface area (Å²) in [5.74, 6) is 0. The molecule has 14 heavy (non-hydrogen) atoms. The molecule has 0 radical (unpaired) electrons. The van der Waals surface area contributed by atoms with Crippen LogP contribution in [0.4, 0.5) is 0 Å². The molecule has 0 aliphatic rings. The monoisotopic (exact) mass is 222 g/mol. The van der Waals surface area contributed by atoms with E-state index < -0.39 is 20.3 Å². The number of aldehydes is 1. The minimum absolute atomic E-state index is 0.288. The highest BCUT2D eigenvalue weighted by molar-refractivity contribution is 6.92. The lowest BCUT2D eigenvalue weighted by Crippen LogP contribution is -2.56. The summed E-state index contributed by atoms with van der Waals surface area (Å²) in [6.07, 6.45) is -1.27. The number of carbonyl (C=O) groups is 2. The molecule has 0 aromatic rings. The maximum atomic E-state index is 11.5. The van der Waals surface area contributed by atoms with Gasteiger partial charge in [-0.1, -0.05) is 0 Å². The van der Waals surface area contributed by atoms with Gasteiger partial charge in [0.15, 0.2) is 0 Å². The van der Waals surface area contributed by atoms with E-state index in [-0.39, 0.29) is 6.42 Å². The Labute approximate surface area is 83.1 Å². The summed E-state index contributed by atoms with van der Waals surface area (Å²) >= 11 is 0. The van der Waals surface area contributed by atoms with Gasteiger partial charge in [0.05, 0.1) is 0 Å². The lowest BCUT2D eigenvalue weighted by Gasteiger charge is -2.24. The van der Waals surface area contributed by atoms with Crippen LogP contribution in [-0.2, 0) is 22.9 Å². The van der Waals surface area contributed by atoms with Crippen LogP contribution in [-0.4, -0.2) is 53.0 Å². The molecule has 0 aromatic carbocycles. The molecule has 0 saturated heterocycles. The maximum Gasteiger partial charge on any atom is 0.576 e. The molecule has 1 unspecified atom stereocenters. The molecule has 0 rings (SSSR count). The lowest BCUT2D eigenvalue weighted by atomic mass is 10.3. The largest absolute Gasteiger partial charge is 0.576 e. The third kappa shape index (κ3) is 2.69. The van der Waals surface area contributed by atoms with Crippen LogP contribution in [0.25, 0.3) is 0 Å². The summed E-state index contributed by atoms with van der Waals surface area (Å²) in [7, 11) is 0.295. The summed E-state index contributed by atoms with van der Waals surface area (Å²) in [6.45, 7) is 0. The summed E-state index contributed by atoms with van der Waals surface area (Å²) < 4.78 is 14.5. The zero-order valence-corrected chi connectivity index (χ0v) is 9.35. The van der Waals surface area contributed by atoms with Crippen molar-refractivity contribution in [2.45, 2.75) is 12.5 Å². The number of rotatable bonds is 7. The maximum absolute atomic E-state index is 11.5. The molecule has 1 atom stereocenters. The van der Waals surface area contributed by atoms with Crippen LogP contribution in [0.3, 0.4) is 0 Å². The normalized spacial score (nSPS) is 13.7. The van der Waals surface area contributed by atoms with Crippen molar-refractivity contribution in [3.63, 3.8) is 0 Å². The van der Waals surface area contributed by atoms with Gasteiger partial charge in [-0.15, -0.1) is 0 Å². The van der Waals surface area contributed by atoms with Crippen molar-refractivity contribution in [2.75, 3.05) is 21.3 Å². The van der Waals surface area contributed by atoms with Crippen molar-refractivity contribution >= 4 is 20.5 Å². The van der Waals surface area contributed by atoms with E-state index in [0.717, 1.165) is 0 Å². The van der Waals surface area contributed by atoms with Crippen LogP contribution in [0.1, 0.15) is 6.42 Å². The third-order valence-corrected chi connectivity index (χ3v) is 4.28. The Hall–Kier alpha value is -0.603. The molecule has 0 aromatic heterocycles. The summed E-state index contributed by atoms with van der Waals surface area (Å²) in [6, 6.07) is 0. The Morgan fingerprint density at radius 1 is 1.36 bits per heavy atom. The number of aliphatic hydroxyl groups excluding tert-OH is 1.